The van der Waals surface area contributed by atoms with Gasteiger partial charge in [0.15, 0.2) is 0 Å². The van der Waals surface area contributed by atoms with E-state index < -0.39 is 11.8 Å². The van der Waals surface area contributed by atoms with Crippen LogP contribution in [0.4, 0.5) is 17.1 Å². The van der Waals surface area contributed by atoms with E-state index in [2.05, 4.69) is 27.3 Å². The van der Waals surface area contributed by atoms with E-state index in [0.29, 0.717) is 51.5 Å². The van der Waals surface area contributed by atoms with Crippen LogP contribution in [-0.4, -0.2) is 30.1 Å². The van der Waals surface area contributed by atoms with E-state index in [1.54, 1.807) is 67.6 Å². The van der Waals surface area contributed by atoms with Gasteiger partial charge in [0.1, 0.15) is 11.5 Å². The number of anilines is 3. The Morgan fingerprint density at radius 1 is 1.00 bits per heavy atom. The molecule has 1 aromatic heterocycles. The third-order valence-corrected chi connectivity index (χ3v) is 7.00. The van der Waals surface area contributed by atoms with Gasteiger partial charge in [0.05, 0.1) is 46.8 Å². The van der Waals surface area contributed by atoms with Crippen molar-refractivity contribution in [2.24, 2.45) is 0 Å². The average Bonchev–Trinajstić information content (AvgIpc) is 3.48. The molecule has 0 saturated heterocycles. The number of carbonyl (C=O) groups excluding carboxylic acids is 3. The zero-order valence-corrected chi connectivity index (χ0v) is 23.6. The van der Waals surface area contributed by atoms with Crippen molar-refractivity contribution >= 4 is 46.5 Å². The maximum Gasteiger partial charge on any atom is 0.254 e. The highest BCUT2D eigenvalue weighted by Gasteiger charge is 2.36. The zero-order valence-electron chi connectivity index (χ0n) is 22.7. The van der Waals surface area contributed by atoms with Gasteiger partial charge in [-0.2, -0.15) is 5.26 Å². The van der Waals surface area contributed by atoms with Crippen molar-refractivity contribution in [3.05, 3.63) is 94.6 Å². The molecule has 3 amide bonds. The number of amides is 3. The standard InChI is InChI=1S/C30H29N5O5S/c1-4-39-23-13-11-22(12-14-23)35-29(38)27-18(2)32-30(24(16-31)28(27)25-6-5-15-40-25)41-17-26(37)34-21-9-7-20(8-10-21)33-19(3)36/h5-15,28,32H,4,17H2,1-3H3,(H,33,36)(H,34,37)(H,35,38)/t28-/m1/s1. The number of thioether (sulfide) groups is 1. The van der Waals surface area contributed by atoms with E-state index in [1.807, 2.05) is 6.92 Å². The Morgan fingerprint density at radius 2 is 1.63 bits per heavy atom. The van der Waals surface area contributed by atoms with Gasteiger partial charge in [-0.15, -0.1) is 0 Å². The number of nitrogens with zero attached hydrogens (tertiary/aromatic N) is 1. The second kappa shape index (κ2) is 13.4. The maximum atomic E-state index is 13.5. The molecule has 0 aliphatic carbocycles. The SMILES string of the molecule is CCOc1ccc(NC(=O)C2=C(C)NC(SCC(=O)Nc3ccc(NC(C)=O)cc3)=C(C#N)[C@@H]2c2ccco2)cc1. The van der Waals surface area contributed by atoms with E-state index in [4.69, 9.17) is 9.15 Å². The molecule has 0 fully saturated rings. The smallest absolute Gasteiger partial charge is 0.254 e. The summed E-state index contributed by atoms with van der Waals surface area (Å²) in [5.74, 6) is -0.508. The third-order valence-electron chi connectivity index (χ3n) is 5.98. The predicted molar refractivity (Wildman–Crippen MR) is 158 cm³/mol. The van der Waals surface area contributed by atoms with Crippen molar-refractivity contribution in [3.8, 4) is 11.8 Å². The van der Waals surface area contributed by atoms with Crippen LogP contribution in [0.1, 0.15) is 32.4 Å². The molecule has 2 aromatic carbocycles. The van der Waals surface area contributed by atoms with Crippen molar-refractivity contribution < 1.29 is 23.5 Å². The van der Waals surface area contributed by atoms with Gasteiger partial charge in [-0.1, -0.05) is 11.8 Å². The second-order valence-electron chi connectivity index (χ2n) is 8.97. The van der Waals surface area contributed by atoms with Crippen molar-refractivity contribution in [2.45, 2.75) is 26.7 Å². The molecule has 4 N–H and O–H groups in total. The van der Waals surface area contributed by atoms with Crippen LogP contribution in [0.3, 0.4) is 0 Å². The first-order valence-corrected chi connectivity index (χ1v) is 13.8. The summed E-state index contributed by atoms with van der Waals surface area (Å²) in [4.78, 5) is 37.4. The molecule has 1 atom stereocenters. The number of carbonyl (C=O) groups is 3. The molecule has 1 aliphatic rings. The third kappa shape index (κ3) is 7.38. The van der Waals surface area contributed by atoms with Crippen LogP contribution in [0.5, 0.6) is 5.75 Å². The lowest BCUT2D eigenvalue weighted by Crippen LogP contribution is -2.31. The van der Waals surface area contributed by atoms with Gasteiger partial charge in [0.2, 0.25) is 11.8 Å². The summed E-state index contributed by atoms with van der Waals surface area (Å²) in [6.45, 7) is 5.59. The normalized spacial score (nSPS) is 14.5. The molecule has 3 aromatic rings. The second-order valence-corrected chi connectivity index (χ2v) is 9.96. The quantitative estimate of drug-likeness (QED) is 0.255. The Kier molecular flexibility index (Phi) is 9.50. The van der Waals surface area contributed by atoms with Crippen LogP contribution in [0, 0.1) is 11.3 Å². The van der Waals surface area contributed by atoms with Crippen LogP contribution in [0.2, 0.25) is 0 Å². The Labute approximate surface area is 241 Å². The van der Waals surface area contributed by atoms with Gasteiger partial charge in [-0.05, 0) is 74.5 Å². The van der Waals surface area contributed by atoms with Gasteiger partial charge in [-0.3, -0.25) is 14.4 Å². The molecule has 11 heteroatoms. The Balaban J connectivity index is 1.50. The Bertz CT molecular complexity index is 1520. The lowest BCUT2D eigenvalue weighted by Gasteiger charge is -2.28. The fraction of sp³-hybridized carbons (Fsp3) is 0.200. The molecule has 0 unspecified atom stereocenters. The molecule has 4 rings (SSSR count). The number of furan rings is 1. The molecule has 210 valence electrons. The molecule has 0 saturated carbocycles. The van der Waals surface area contributed by atoms with Gasteiger partial charge >= 0.3 is 0 Å². The van der Waals surface area contributed by atoms with Gasteiger partial charge in [0.25, 0.3) is 5.91 Å². The van der Waals surface area contributed by atoms with E-state index >= 15 is 0 Å². The van der Waals surface area contributed by atoms with E-state index in [0.717, 1.165) is 11.8 Å². The Hall–Kier alpha value is -4.95. The predicted octanol–water partition coefficient (Wildman–Crippen LogP) is 5.34. The lowest BCUT2D eigenvalue weighted by atomic mass is 9.85. The van der Waals surface area contributed by atoms with Crippen molar-refractivity contribution in [3.63, 3.8) is 0 Å². The number of hydrogen-bond donors (Lipinski definition) is 4. The summed E-state index contributed by atoms with van der Waals surface area (Å²) in [6, 6.07) is 19.4. The summed E-state index contributed by atoms with van der Waals surface area (Å²) in [5, 5.41) is 22.2. The molecule has 41 heavy (non-hydrogen) atoms. The zero-order chi connectivity index (χ0) is 29.4. The number of rotatable bonds is 10. The number of nitrogens with one attached hydrogen (secondary N) is 4. The molecule has 1 aliphatic heterocycles. The lowest BCUT2D eigenvalue weighted by molar-refractivity contribution is -0.114. The van der Waals surface area contributed by atoms with E-state index in [-0.39, 0.29) is 23.1 Å². The number of benzene rings is 2. The van der Waals surface area contributed by atoms with Crippen LogP contribution >= 0.6 is 11.8 Å². The van der Waals surface area contributed by atoms with Crippen molar-refractivity contribution in [2.75, 3.05) is 28.3 Å². The van der Waals surface area contributed by atoms with Crippen molar-refractivity contribution in [1.29, 1.82) is 5.26 Å². The Morgan fingerprint density at radius 3 is 2.22 bits per heavy atom. The number of hydrogen-bond acceptors (Lipinski definition) is 8. The van der Waals surface area contributed by atoms with E-state index in [9.17, 15) is 19.6 Å². The molecule has 10 nitrogen and oxygen atoms in total. The van der Waals surface area contributed by atoms with Crippen LogP contribution in [0.25, 0.3) is 0 Å². The fourth-order valence-electron chi connectivity index (χ4n) is 4.24. The summed E-state index contributed by atoms with van der Waals surface area (Å²) < 4.78 is 11.1. The molecular formula is C30H29N5O5S. The van der Waals surface area contributed by atoms with E-state index in [1.165, 1.54) is 13.2 Å². The number of dihydropyridines is 1. The monoisotopic (exact) mass is 571 g/mol. The highest BCUT2D eigenvalue weighted by molar-refractivity contribution is 8.03. The topological polar surface area (TPSA) is 145 Å². The first-order chi connectivity index (χ1) is 19.8. The van der Waals surface area contributed by atoms with Crippen molar-refractivity contribution in [1.82, 2.24) is 5.32 Å². The van der Waals surface area contributed by atoms with Crippen LogP contribution < -0.4 is 26.0 Å². The minimum Gasteiger partial charge on any atom is -0.494 e. The summed E-state index contributed by atoms with van der Waals surface area (Å²) in [6.07, 6.45) is 1.49. The number of nitriles is 1. The molecule has 0 radical (unpaired) electrons. The average molecular weight is 572 g/mol. The first-order valence-electron chi connectivity index (χ1n) is 12.8. The number of allylic oxidation sites excluding steroid dienone is 2. The molecule has 0 bridgehead atoms. The summed E-state index contributed by atoms with van der Waals surface area (Å²) >= 11 is 1.15. The van der Waals surface area contributed by atoms with Gasteiger partial charge < -0.3 is 30.4 Å². The highest BCUT2D eigenvalue weighted by Crippen LogP contribution is 2.41. The molecule has 0 spiro atoms. The highest BCUT2D eigenvalue weighted by atomic mass is 32.2. The fourth-order valence-corrected chi connectivity index (χ4v) is 5.13. The largest absolute Gasteiger partial charge is 0.494 e. The summed E-state index contributed by atoms with van der Waals surface area (Å²) in [5.41, 5.74) is 2.88. The molecular weight excluding hydrogens is 542 g/mol. The minimum absolute atomic E-state index is 0.00677. The number of ether oxygens (including phenoxy) is 1. The van der Waals surface area contributed by atoms with Crippen LogP contribution in [0.15, 0.2) is 93.2 Å². The first kappa shape index (κ1) is 29.0. The minimum atomic E-state index is -0.772. The maximum absolute atomic E-state index is 13.5. The van der Waals surface area contributed by atoms with Gasteiger partial charge in [-0.25, -0.2) is 0 Å². The van der Waals surface area contributed by atoms with Gasteiger partial charge in [0, 0.05) is 29.7 Å². The van der Waals surface area contributed by atoms with Crippen LogP contribution in [-0.2, 0) is 14.4 Å². The summed E-state index contributed by atoms with van der Waals surface area (Å²) in [7, 11) is 0. The molecule has 2 heterocycles.